The SMILES string of the molecule is CCn1c(C)nc2cc(C)ncc21. The van der Waals surface area contributed by atoms with Crippen molar-refractivity contribution in [3.8, 4) is 0 Å². The van der Waals surface area contributed by atoms with Crippen LogP contribution in [-0.2, 0) is 6.54 Å². The first-order valence-corrected chi connectivity index (χ1v) is 4.52. The number of aryl methyl sites for hydroxylation is 3. The minimum absolute atomic E-state index is 0.951. The van der Waals surface area contributed by atoms with Gasteiger partial charge in [-0.05, 0) is 26.8 Å². The van der Waals surface area contributed by atoms with Gasteiger partial charge in [0.25, 0.3) is 0 Å². The van der Waals surface area contributed by atoms with Crippen molar-refractivity contribution < 1.29 is 0 Å². The van der Waals surface area contributed by atoms with Crippen LogP contribution in [0.4, 0.5) is 0 Å². The fourth-order valence-electron chi connectivity index (χ4n) is 1.64. The lowest BCUT2D eigenvalue weighted by atomic mass is 10.3. The molecule has 0 N–H and O–H groups in total. The van der Waals surface area contributed by atoms with Crippen molar-refractivity contribution in [2.75, 3.05) is 0 Å². The molecule has 0 aliphatic rings. The van der Waals surface area contributed by atoms with Gasteiger partial charge in [-0.15, -0.1) is 0 Å². The van der Waals surface area contributed by atoms with E-state index in [2.05, 4.69) is 21.5 Å². The van der Waals surface area contributed by atoms with E-state index in [0.717, 1.165) is 29.1 Å². The Labute approximate surface area is 77.4 Å². The van der Waals surface area contributed by atoms with Gasteiger partial charge in [-0.2, -0.15) is 0 Å². The molecule has 0 bridgehead atoms. The predicted molar refractivity (Wildman–Crippen MR) is 52.7 cm³/mol. The summed E-state index contributed by atoms with van der Waals surface area (Å²) in [5, 5.41) is 0. The summed E-state index contributed by atoms with van der Waals surface area (Å²) in [5.41, 5.74) is 3.20. The molecule has 3 heteroatoms. The molecular weight excluding hydrogens is 162 g/mol. The third kappa shape index (κ3) is 1.20. The van der Waals surface area contributed by atoms with Gasteiger partial charge in [-0.1, -0.05) is 0 Å². The number of rotatable bonds is 1. The maximum atomic E-state index is 4.47. The van der Waals surface area contributed by atoms with Gasteiger partial charge in [0.15, 0.2) is 0 Å². The minimum atomic E-state index is 0.951. The fourth-order valence-corrected chi connectivity index (χ4v) is 1.64. The lowest BCUT2D eigenvalue weighted by Gasteiger charge is -2.00. The van der Waals surface area contributed by atoms with Crippen LogP contribution >= 0.6 is 0 Å². The zero-order valence-corrected chi connectivity index (χ0v) is 8.20. The Morgan fingerprint density at radius 3 is 2.85 bits per heavy atom. The van der Waals surface area contributed by atoms with Crippen molar-refractivity contribution >= 4 is 11.0 Å². The lowest BCUT2D eigenvalue weighted by molar-refractivity contribution is 0.752. The minimum Gasteiger partial charge on any atom is -0.327 e. The number of hydrogen-bond acceptors (Lipinski definition) is 2. The van der Waals surface area contributed by atoms with Crippen LogP contribution in [0.2, 0.25) is 0 Å². The second-order valence-corrected chi connectivity index (χ2v) is 3.22. The Bertz CT molecular complexity index is 443. The highest BCUT2D eigenvalue weighted by Crippen LogP contribution is 2.15. The molecule has 2 aromatic rings. The molecule has 2 rings (SSSR count). The molecule has 3 nitrogen and oxygen atoms in total. The highest BCUT2D eigenvalue weighted by Gasteiger charge is 2.05. The number of nitrogens with zero attached hydrogens (tertiary/aromatic N) is 3. The molecule has 0 spiro atoms. The topological polar surface area (TPSA) is 30.7 Å². The van der Waals surface area contributed by atoms with E-state index in [4.69, 9.17) is 0 Å². The van der Waals surface area contributed by atoms with Gasteiger partial charge in [-0.3, -0.25) is 4.98 Å². The molecule has 2 heterocycles. The highest BCUT2D eigenvalue weighted by molar-refractivity contribution is 5.75. The van der Waals surface area contributed by atoms with Crippen molar-refractivity contribution in [3.63, 3.8) is 0 Å². The Hall–Kier alpha value is -1.38. The molecule has 0 aliphatic carbocycles. The third-order valence-corrected chi connectivity index (χ3v) is 2.28. The second-order valence-electron chi connectivity index (χ2n) is 3.22. The van der Waals surface area contributed by atoms with Crippen molar-refractivity contribution in [2.24, 2.45) is 0 Å². The number of aromatic nitrogens is 3. The summed E-state index contributed by atoms with van der Waals surface area (Å²) in [6, 6.07) is 2.02. The van der Waals surface area contributed by atoms with E-state index >= 15 is 0 Å². The Morgan fingerprint density at radius 1 is 1.38 bits per heavy atom. The van der Waals surface area contributed by atoms with Crippen LogP contribution in [0.5, 0.6) is 0 Å². The second kappa shape index (κ2) is 2.83. The van der Waals surface area contributed by atoms with Gasteiger partial charge in [0.05, 0.1) is 17.2 Å². The summed E-state index contributed by atoms with van der Waals surface area (Å²) in [5.74, 6) is 1.06. The van der Waals surface area contributed by atoms with E-state index in [1.54, 1.807) is 0 Å². The number of pyridine rings is 1. The van der Waals surface area contributed by atoms with Crippen LogP contribution in [-0.4, -0.2) is 14.5 Å². The van der Waals surface area contributed by atoms with Crippen LogP contribution in [0, 0.1) is 13.8 Å². The van der Waals surface area contributed by atoms with Crippen molar-refractivity contribution in [2.45, 2.75) is 27.3 Å². The third-order valence-electron chi connectivity index (χ3n) is 2.28. The normalized spacial score (nSPS) is 11.0. The molecule has 0 aliphatic heterocycles. The van der Waals surface area contributed by atoms with Crippen molar-refractivity contribution in [1.29, 1.82) is 0 Å². The molecule has 0 aromatic carbocycles. The molecule has 0 unspecified atom stereocenters. The first-order valence-electron chi connectivity index (χ1n) is 4.52. The maximum Gasteiger partial charge on any atom is 0.106 e. The van der Waals surface area contributed by atoms with E-state index in [1.165, 1.54) is 0 Å². The van der Waals surface area contributed by atoms with Gasteiger partial charge >= 0.3 is 0 Å². The number of imidazole rings is 1. The molecular formula is C10H13N3. The fraction of sp³-hybridized carbons (Fsp3) is 0.400. The molecule has 0 saturated heterocycles. The lowest BCUT2D eigenvalue weighted by Crippen LogP contribution is -1.96. The highest BCUT2D eigenvalue weighted by atomic mass is 15.1. The molecule has 0 amide bonds. The van der Waals surface area contributed by atoms with E-state index < -0.39 is 0 Å². The van der Waals surface area contributed by atoms with Gasteiger partial charge in [0.2, 0.25) is 0 Å². The zero-order chi connectivity index (χ0) is 9.42. The molecule has 13 heavy (non-hydrogen) atoms. The van der Waals surface area contributed by atoms with Crippen LogP contribution < -0.4 is 0 Å². The predicted octanol–water partition coefficient (Wildman–Crippen LogP) is 2.07. The maximum absolute atomic E-state index is 4.47. The molecule has 2 aromatic heterocycles. The summed E-state index contributed by atoms with van der Waals surface area (Å²) in [6.45, 7) is 7.08. The van der Waals surface area contributed by atoms with E-state index in [-0.39, 0.29) is 0 Å². The average molecular weight is 175 g/mol. The van der Waals surface area contributed by atoms with Gasteiger partial charge in [0.1, 0.15) is 5.82 Å². The number of hydrogen-bond donors (Lipinski definition) is 0. The quantitative estimate of drug-likeness (QED) is 0.664. The van der Waals surface area contributed by atoms with E-state index in [1.807, 2.05) is 26.1 Å². The first-order chi connectivity index (χ1) is 6.22. The van der Waals surface area contributed by atoms with Crippen molar-refractivity contribution in [1.82, 2.24) is 14.5 Å². The molecule has 0 saturated carbocycles. The van der Waals surface area contributed by atoms with E-state index in [0.29, 0.717) is 0 Å². The Morgan fingerprint density at radius 2 is 2.15 bits per heavy atom. The molecule has 0 radical (unpaired) electrons. The standard InChI is InChI=1S/C10H13N3/c1-4-13-8(3)12-9-5-7(2)11-6-10(9)13/h5-6H,4H2,1-3H3. The summed E-state index contributed by atoms with van der Waals surface area (Å²) in [6.07, 6.45) is 1.90. The summed E-state index contributed by atoms with van der Waals surface area (Å²) in [4.78, 5) is 8.74. The first kappa shape index (κ1) is 8.23. The summed E-state index contributed by atoms with van der Waals surface area (Å²) >= 11 is 0. The van der Waals surface area contributed by atoms with Crippen molar-refractivity contribution in [3.05, 3.63) is 23.8 Å². The van der Waals surface area contributed by atoms with Crippen LogP contribution in [0.1, 0.15) is 18.4 Å². The molecule has 0 atom stereocenters. The van der Waals surface area contributed by atoms with Crippen LogP contribution in [0.3, 0.4) is 0 Å². The smallest absolute Gasteiger partial charge is 0.106 e. The Kier molecular flexibility index (Phi) is 1.79. The van der Waals surface area contributed by atoms with Crippen LogP contribution in [0.15, 0.2) is 12.3 Å². The molecule has 0 fully saturated rings. The zero-order valence-electron chi connectivity index (χ0n) is 8.20. The number of fused-ring (bicyclic) bond motifs is 1. The molecule has 68 valence electrons. The van der Waals surface area contributed by atoms with Gasteiger partial charge < -0.3 is 4.57 Å². The van der Waals surface area contributed by atoms with Gasteiger partial charge in [0, 0.05) is 12.2 Å². The Balaban J connectivity index is 2.79. The average Bonchev–Trinajstić information content (AvgIpc) is 2.39. The van der Waals surface area contributed by atoms with Gasteiger partial charge in [-0.25, -0.2) is 4.98 Å². The monoisotopic (exact) mass is 175 g/mol. The summed E-state index contributed by atoms with van der Waals surface area (Å²) < 4.78 is 2.17. The summed E-state index contributed by atoms with van der Waals surface area (Å²) in [7, 11) is 0. The van der Waals surface area contributed by atoms with Crippen LogP contribution in [0.25, 0.3) is 11.0 Å². The van der Waals surface area contributed by atoms with E-state index in [9.17, 15) is 0 Å². The largest absolute Gasteiger partial charge is 0.327 e.